The molecule has 0 bridgehead atoms. The molecule has 1 atom stereocenters. The lowest BCUT2D eigenvalue weighted by atomic mass is 10.0. The van der Waals surface area contributed by atoms with Gasteiger partial charge in [-0.15, -0.1) is 0 Å². The lowest BCUT2D eigenvalue weighted by Gasteiger charge is -2.18. The smallest absolute Gasteiger partial charge is 0.131 e. The van der Waals surface area contributed by atoms with E-state index in [4.69, 9.17) is 5.84 Å². The van der Waals surface area contributed by atoms with Gasteiger partial charge >= 0.3 is 0 Å². The number of aryl methyl sites for hydroxylation is 1. The molecule has 3 N–H and O–H groups in total. The van der Waals surface area contributed by atoms with Crippen molar-refractivity contribution in [2.75, 3.05) is 0 Å². The Morgan fingerprint density at radius 2 is 2.00 bits per heavy atom. The molecule has 0 saturated carbocycles. The predicted octanol–water partition coefficient (Wildman–Crippen LogP) is 1.73. The van der Waals surface area contributed by atoms with Crippen LogP contribution in [0.2, 0.25) is 0 Å². The van der Waals surface area contributed by atoms with E-state index in [1.165, 1.54) is 18.2 Å². The zero-order chi connectivity index (χ0) is 13.1. The summed E-state index contributed by atoms with van der Waals surface area (Å²) in [4.78, 5) is 0. The van der Waals surface area contributed by atoms with Crippen molar-refractivity contribution in [2.24, 2.45) is 5.84 Å². The molecular formula is C12H14F2N4. The van der Waals surface area contributed by atoms with Crippen LogP contribution in [-0.4, -0.2) is 9.78 Å². The highest BCUT2D eigenvalue weighted by molar-refractivity contribution is 5.30. The molecule has 1 aromatic carbocycles. The van der Waals surface area contributed by atoms with Gasteiger partial charge in [-0.1, -0.05) is 6.07 Å². The summed E-state index contributed by atoms with van der Waals surface area (Å²) in [5.74, 6) is 4.16. The molecule has 0 amide bonds. The van der Waals surface area contributed by atoms with Gasteiger partial charge in [0, 0.05) is 18.3 Å². The first-order valence-corrected chi connectivity index (χ1v) is 5.60. The van der Waals surface area contributed by atoms with Gasteiger partial charge in [0.2, 0.25) is 0 Å². The largest absolute Gasteiger partial charge is 0.271 e. The molecule has 0 aliphatic carbocycles. The van der Waals surface area contributed by atoms with Gasteiger partial charge in [-0.05, 0) is 25.1 Å². The maximum atomic E-state index is 13.7. The van der Waals surface area contributed by atoms with Crippen molar-refractivity contribution in [1.29, 1.82) is 0 Å². The summed E-state index contributed by atoms with van der Waals surface area (Å²) >= 11 is 0. The minimum absolute atomic E-state index is 0.102. The second-order valence-corrected chi connectivity index (χ2v) is 3.81. The highest BCUT2D eigenvalue weighted by atomic mass is 19.1. The number of halogens is 2. The molecule has 0 radical (unpaired) electrons. The average Bonchev–Trinajstić information content (AvgIpc) is 2.82. The van der Waals surface area contributed by atoms with Gasteiger partial charge in [0.15, 0.2) is 0 Å². The summed E-state index contributed by atoms with van der Waals surface area (Å²) in [6, 6.07) is 4.64. The number of benzene rings is 1. The lowest BCUT2D eigenvalue weighted by Crippen LogP contribution is -2.32. The quantitative estimate of drug-likeness (QED) is 0.643. The van der Waals surface area contributed by atoms with Gasteiger partial charge in [0.25, 0.3) is 0 Å². The van der Waals surface area contributed by atoms with Crippen LogP contribution in [-0.2, 0) is 6.54 Å². The summed E-state index contributed by atoms with van der Waals surface area (Å²) in [6.07, 6.45) is 1.57. The normalized spacial score (nSPS) is 12.7. The van der Waals surface area contributed by atoms with Crippen molar-refractivity contribution < 1.29 is 8.78 Å². The summed E-state index contributed by atoms with van der Waals surface area (Å²) in [5.41, 5.74) is 2.95. The fraction of sp³-hybridized carbons (Fsp3) is 0.250. The Balaban J connectivity index is 2.52. The minimum Gasteiger partial charge on any atom is -0.271 e. The van der Waals surface area contributed by atoms with E-state index in [9.17, 15) is 8.78 Å². The van der Waals surface area contributed by atoms with Crippen LogP contribution in [0.4, 0.5) is 8.78 Å². The molecule has 1 heterocycles. The highest BCUT2D eigenvalue weighted by Gasteiger charge is 2.23. The maximum Gasteiger partial charge on any atom is 0.131 e. The van der Waals surface area contributed by atoms with Crippen LogP contribution in [0.5, 0.6) is 0 Å². The van der Waals surface area contributed by atoms with Gasteiger partial charge in [-0.25, -0.2) is 14.2 Å². The first-order valence-electron chi connectivity index (χ1n) is 5.60. The number of nitrogens with two attached hydrogens (primary N) is 1. The molecule has 1 unspecified atom stereocenters. The van der Waals surface area contributed by atoms with E-state index in [1.54, 1.807) is 16.9 Å². The fourth-order valence-electron chi connectivity index (χ4n) is 1.96. The Bertz CT molecular complexity index is 518. The molecule has 0 aliphatic rings. The topological polar surface area (TPSA) is 55.9 Å². The molecule has 2 aromatic rings. The highest BCUT2D eigenvalue weighted by Crippen LogP contribution is 2.26. The van der Waals surface area contributed by atoms with Crippen LogP contribution in [0, 0.1) is 11.6 Å². The van der Waals surface area contributed by atoms with Crippen LogP contribution >= 0.6 is 0 Å². The summed E-state index contributed by atoms with van der Waals surface area (Å²) in [6.45, 7) is 2.48. The van der Waals surface area contributed by atoms with Crippen molar-refractivity contribution in [2.45, 2.75) is 19.5 Å². The Kier molecular flexibility index (Phi) is 3.69. The number of nitrogens with zero attached hydrogens (tertiary/aromatic N) is 2. The van der Waals surface area contributed by atoms with Gasteiger partial charge in [0.05, 0.1) is 11.7 Å². The Labute approximate surface area is 103 Å². The molecule has 6 heteroatoms. The first-order chi connectivity index (χ1) is 8.69. The number of aromatic nitrogens is 2. The Morgan fingerprint density at radius 1 is 1.33 bits per heavy atom. The van der Waals surface area contributed by atoms with Gasteiger partial charge in [0.1, 0.15) is 11.6 Å². The van der Waals surface area contributed by atoms with Gasteiger partial charge in [-0.3, -0.25) is 10.5 Å². The average molecular weight is 252 g/mol. The zero-order valence-electron chi connectivity index (χ0n) is 9.90. The molecule has 1 aromatic heterocycles. The number of nitrogens with one attached hydrogen (secondary N) is 1. The molecule has 4 nitrogen and oxygen atoms in total. The van der Waals surface area contributed by atoms with E-state index in [1.807, 2.05) is 6.92 Å². The van der Waals surface area contributed by atoms with E-state index in [2.05, 4.69) is 10.5 Å². The van der Waals surface area contributed by atoms with Gasteiger partial charge in [-0.2, -0.15) is 5.10 Å². The SMILES string of the molecule is CCn1nccc1C(NN)c1c(F)cccc1F. The summed E-state index contributed by atoms with van der Waals surface area (Å²) in [7, 11) is 0. The maximum absolute atomic E-state index is 13.7. The Hall–Kier alpha value is -1.79. The third-order valence-electron chi connectivity index (χ3n) is 2.80. The molecular weight excluding hydrogens is 238 g/mol. The molecule has 0 spiro atoms. The van der Waals surface area contributed by atoms with Crippen molar-refractivity contribution in [3.8, 4) is 0 Å². The minimum atomic E-state index is -0.770. The van der Waals surface area contributed by atoms with Crippen LogP contribution in [0.15, 0.2) is 30.5 Å². The standard InChI is InChI=1S/C12H14F2N4/c1-2-18-10(6-7-16-18)12(17-15)11-8(13)4-3-5-9(11)14/h3-7,12,17H,2,15H2,1H3. The molecule has 0 saturated heterocycles. The van der Waals surface area contributed by atoms with Crippen molar-refractivity contribution in [3.63, 3.8) is 0 Å². The fourth-order valence-corrected chi connectivity index (χ4v) is 1.96. The van der Waals surface area contributed by atoms with Crippen molar-refractivity contribution >= 4 is 0 Å². The number of hydrogen-bond donors (Lipinski definition) is 2. The number of rotatable bonds is 4. The van der Waals surface area contributed by atoms with Crippen LogP contribution < -0.4 is 11.3 Å². The van der Waals surface area contributed by atoms with E-state index >= 15 is 0 Å². The summed E-state index contributed by atoms with van der Waals surface area (Å²) < 4.78 is 29.1. The lowest BCUT2D eigenvalue weighted by molar-refractivity contribution is 0.484. The number of hydrazine groups is 1. The molecule has 2 rings (SSSR count). The van der Waals surface area contributed by atoms with Crippen LogP contribution in [0.25, 0.3) is 0 Å². The first kappa shape index (κ1) is 12.7. The zero-order valence-corrected chi connectivity index (χ0v) is 9.90. The van der Waals surface area contributed by atoms with Crippen LogP contribution in [0.3, 0.4) is 0 Å². The van der Waals surface area contributed by atoms with E-state index in [0.717, 1.165) is 0 Å². The molecule has 0 fully saturated rings. The van der Waals surface area contributed by atoms with Crippen LogP contribution in [0.1, 0.15) is 24.2 Å². The van der Waals surface area contributed by atoms with Crippen molar-refractivity contribution in [1.82, 2.24) is 15.2 Å². The van der Waals surface area contributed by atoms with E-state index < -0.39 is 17.7 Å². The van der Waals surface area contributed by atoms with E-state index in [-0.39, 0.29) is 5.56 Å². The third kappa shape index (κ3) is 2.12. The second kappa shape index (κ2) is 5.24. The summed E-state index contributed by atoms with van der Waals surface area (Å²) in [5, 5.41) is 4.06. The van der Waals surface area contributed by atoms with Crippen molar-refractivity contribution in [3.05, 3.63) is 53.4 Å². The second-order valence-electron chi connectivity index (χ2n) is 3.81. The third-order valence-corrected chi connectivity index (χ3v) is 2.80. The van der Waals surface area contributed by atoms with E-state index in [0.29, 0.717) is 12.2 Å². The monoisotopic (exact) mass is 252 g/mol. The molecule has 0 aliphatic heterocycles. The Morgan fingerprint density at radius 3 is 2.56 bits per heavy atom. The molecule has 96 valence electrons. The van der Waals surface area contributed by atoms with Gasteiger partial charge < -0.3 is 0 Å². The number of hydrogen-bond acceptors (Lipinski definition) is 3. The molecule has 18 heavy (non-hydrogen) atoms. The predicted molar refractivity (Wildman–Crippen MR) is 63.4 cm³/mol.